The lowest BCUT2D eigenvalue weighted by atomic mass is 10.0. The summed E-state index contributed by atoms with van der Waals surface area (Å²) >= 11 is 0. The van der Waals surface area contributed by atoms with Crippen LogP contribution in [0.25, 0.3) is 6.08 Å². The zero-order chi connectivity index (χ0) is 15.2. The molecule has 0 radical (unpaired) electrons. The van der Waals surface area contributed by atoms with E-state index in [4.69, 9.17) is 0 Å². The number of halogens is 3. The molecular weight excluding hydrogens is 273 g/mol. The summed E-state index contributed by atoms with van der Waals surface area (Å²) in [6, 6.07) is 9.80. The van der Waals surface area contributed by atoms with Crippen LogP contribution < -0.4 is 0 Å². The van der Waals surface area contributed by atoms with E-state index in [1.807, 2.05) is 30.3 Å². The normalized spacial score (nSPS) is 11.2. The van der Waals surface area contributed by atoms with E-state index in [9.17, 15) is 13.2 Å². The molecule has 2 aromatic rings. The van der Waals surface area contributed by atoms with Gasteiger partial charge in [0.1, 0.15) is 0 Å². The highest BCUT2D eigenvalue weighted by Crippen LogP contribution is 2.17. The highest BCUT2D eigenvalue weighted by molar-refractivity contribution is 5.49. The minimum absolute atomic E-state index is 0.368. The monoisotopic (exact) mass is 290 g/mol. The van der Waals surface area contributed by atoms with Gasteiger partial charge in [0.05, 0.1) is 0 Å². The topological polar surface area (TPSA) is 0 Å². The molecule has 0 atom stereocenters. The Morgan fingerprint density at radius 2 is 1.52 bits per heavy atom. The molecule has 0 unspecified atom stereocenters. The summed E-state index contributed by atoms with van der Waals surface area (Å²) in [5.74, 6) is -3.72. The van der Waals surface area contributed by atoms with Crippen molar-refractivity contribution >= 4 is 6.08 Å². The number of benzene rings is 2. The second-order valence-electron chi connectivity index (χ2n) is 4.98. The fraction of sp³-hybridized carbons (Fsp3) is 0.222. The highest BCUT2D eigenvalue weighted by Gasteiger charge is 2.10. The maximum absolute atomic E-state index is 13.2. The Balaban J connectivity index is 2.10. The van der Waals surface area contributed by atoms with Gasteiger partial charge in [-0.2, -0.15) is 0 Å². The maximum Gasteiger partial charge on any atom is 0.194 e. The van der Waals surface area contributed by atoms with Crippen LogP contribution in [0.3, 0.4) is 0 Å². The molecule has 0 aliphatic carbocycles. The number of hydrogen-bond donors (Lipinski definition) is 0. The molecule has 0 amide bonds. The lowest BCUT2D eigenvalue weighted by Crippen LogP contribution is -1.96. The van der Waals surface area contributed by atoms with Gasteiger partial charge in [-0.15, -0.1) is 0 Å². The quantitative estimate of drug-likeness (QED) is 0.637. The molecule has 0 bridgehead atoms. The van der Waals surface area contributed by atoms with Gasteiger partial charge in [-0.1, -0.05) is 49.8 Å². The zero-order valence-corrected chi connectivity index (χ0v) is 11.9. The van der Waals surface area contributed by atoms with Crippen molar-refractivity contribution in [2.24, 2.45) is 0 Å². The second-order valence-corrected chi connectivity index (χ2v) is 4.98. The zero-order valence-electron chi connectivity index (χ0n) is 11.9. The first-order valence-electron chi connectivity index (χ1n) is 6.99. The van der Waals surface area contributed by atoms with Crippen LogP contribution in [0.5, 0.6) is 0 Å². The van der Waals surface area contributed by atoms with Gasteiger partial charge >= 0.3 is 0 Å². The average molecular weight is 290 g/mol. The molecule has 2 aromatic carbocycles. The van der Waals surface area contributed by atoms with Gasteiger partial charge in [0.25, 0.3) is 0 Å². The van der Waals surface area contributed by atoms with E-state index in [2.05, 4.69) is 13.0 Å². The Labute approximate surface area is 122 Å². The molecule has 0 saturated heterocycles. The highest BCUT2D eigenvalue weighted by atomic mass is 19.2. The largest absolute Gasteiger partial charge is 0.204 e. The summed E-state index contributed by atoms with van der Waals surface area (Å²) < 4.78 is 39.2. The van der Waals surface area contributed by atoms with Crippen LogP contribution in [-0.4, -0.2) is 0 Å². The molecule has 0 aliphatic rings. The van der Waals surface area contributed by atoms with Gasteiger partial charge < -0.3 is 0 Å². The third-order valence-corrected chi connectivity index (χ3v) is 3.20. The van der Waals surface area contributed by atoms with Crippen molar-refractivity contribution in [3.8, 4) is 0 Å². The van der Waals surface area contributed by atoms with Crippen molar-refractivity contribution in [1.82, 2.24) is 0 Å². The Morgan fingerprint density at radius 3 is 2.10 bits per heavy atom. The molecule has 110 valence electrons. The fourth-order valence-corrected chi connectivity index (χ4v) is 2.08. The van der Waals surface area contributed by atoms with E-state index >= 15 is 0 Å². The van der Waals surface area contributed by atoms with Crippen LogP contribution in [0, 0.1) is 17.5 Å². The van der Waals surface area contributed by atoms with Crippen molar-refractivity contribution in [3.05, 3.63) is 76.6 Å². The molecule has 0 saturated carbocycles. The average Bonchev–Trinajstić information content (AvgIpc) is 2.47. The van der Waals surface area contributed by atoms with E-state index in [1.165, 1.54) is 0 Å². The van der Waals surface area contributed by atoms with Crippen LogP contribution in [0.15, 0.2) is 42.5 Å². The van der Waals surface area contributed by atoms with Gasteiger partial charge in [0.2, 0.25) is 0 Å². The molecular formula is C18H17F3. The molecule has 2 rings (SSSR count). The first kappa shape index (κ1) is 15.4. The fourth-order valence-electron chi connectivity index (χ4n) is 2.08. The molecule has 21 heavy (non-hydrogen) atoms. The predicted molar refractivity (Wildman–Crippen MR) is 79.5 cm³/mol. The van der Waals surface area contributed by atoms with E-state index < -0.39 is 17.5 Å². The van der Waals surface area contributed by atoms with Crippen LogP contribution in [0.2, 0.25) is 0 Å². The lowest BCUT2D eigenvalue weighted by molar-refractivity contribution is 0.445. The van der Waals surface area contributed by atoms with Gasteiger partial charge in [0, 0.05) is 0 Å². The van der Waals surface area contributed by atoms with Crippen molar-refractivity contribution in [3.63, 3.8) is 0 Å². The van der Waals surface area contributed by atoms with Crippen molar-refractivity contribution in [2.75, 3.05) is 0 Å². The first-order chi connectivity index (χ1) is 10.1. The standard InChI is InChI=1S/C18H17F3/c1-2-3-4-5-13-6-8-14(9-7-13)10-15-11-16(19)18(21)17(20)12-15/h4-9,11-12H,2-3,10H2,1H3. The molecule has 0 N–H and O–H groups in total. The Bertz CT molecular complexity index is 604. The van der Waals surface area contributed by atoms with Crippen LogP contribution in [0.4, 0.5) is 13.2 Å². The summed E-state index contributed by atoms with van der Waals surface area (Å²) in [5, 5.41) is 0. The van der Waals surface area contributed by atoms with Crippen molar-refractivity contribution in [2.45, 2.75) is 26.2 Å². The van der Waals surface area contributed by atoms with Crippen LogP contribution in [0.1, 0.15) is 36.5 Å². The number of hydrogen-bond acceptors (Lipinski definition) is 0. The smallest absolute Gasteiger partial charge is 0.194 e. The summed E-state index contributed by atoms with van der Waals surface area (Å²) in [5.41, 5.74) is 2.43. The SMILES string of the molecule is CCCC=Cc1ccc(Cc2cc(F)c(F)c(F)c2)cc1. The minimum Gasteiger partial charge on any atom is -0.204 e. The van der Waals surface area contributed by atoms with Crippen LogP contribution in [-0.2, 0) is 6.42 Å². The molecule has 0 spiro atoms. The number of unbranched alkanes of at least 4 members (excludes halogenated alkanes) is 1. The third kappa shape index (κ3) is 4.22. The van der Waals surface area contributed by atoms with Gasteiger partial charge in [-0.3, -0.25) is 0 Å². The Hall–Kier alpha value is -2.03. The number of allylic oxidation sites excluding steroid dienone is 1. The second kappa shape index (κ2) is 7.11. The van der Waals surface area contributed by atoms with E-state index in [0.717, 1.165) is 36.1 Å². The van der Waals surface area contributed by atoms with E-state index in [1.54, 1.807) is 0 Å². The van der Waals surface area contributed by atoms with Crippen molar-refractivity contribution < 1.29 is 13.2 Å². The lowest BCUT2D eigenvalue weighted by Gasteiger charge is -2.04. The molecule has 0 aliphatic heterocycles. The Morgan fingerprint density at radius 1 is 0.905 bits per heavy atom. The first-order valence-corrected chi connectivity index (χ1v) is 6.99. The van der Waals surface area contributed by atoms with E-state index in [-0.39, 0.29) is 0 Å². The summed E-state index contributed by atoms with van der Waals surface area (Å²) in [6.45, 7) is 2.12. The summed E-state index contributed by atoms with van der Waals surface area (Å²) in [4.78, 5) is 0. The van der Waals surface area contributed by atoms with Crippen molar-refractivity contribution in [1.29, 1.82) is 0 Å². The maximum atomic E-state index is 13.2. The predicted octanol–water partition coefficient (Wildman–Crippen LogP) is 5.51. The molecule has 3 heteroatoms. The van der Waals surface area contributed by atoms with Gasteiger partial charge in [-0.05, 0) is 41.7 Å². The van der Waals surface area contributed by atoms with Gasteiger partial charge in [0.15, 0.2) is 17.5 Å². The summed E-state index contributed by atoms with van der Waals surface area (Å²) in [7, 11) is 0. The number of rotatable bonds is 5. The molecule has 0 heterocycles. The van der Waals surface area contributed by atoms with Crippen LogP contribution >= 0.6 is 0 Å². The Kier molecular flexibility index (Phi) is 5.20. The molecule has 0 fully saturated rings. The minimum atomic E-state index is -1.42. The summed E-state index contributed by atoms with van der Waals surface area (Å²) in [6.07, 6.45) is 6.67. The molecule has 0 aromatic heterocycles. The van der Waals surface area contributed by atoms with E-state index in [0.29, 0.717) is 12.0 Å². The molecule has 0 nitrogen and oxygen atoms in total. The third-order valence-electron chi connectivity index (χ3n) is 3.20. The van der Waals surface area contributed by atoms with Gasteiger partial charge in [-0.25, -0.2) is 13.2 Å².